The lowest BCUT2D eigenvalue weighted by Gasteiger charge is -2.17. The highest BCUT2D eigenvalue weighted by molar-refractivity contribution is 5.92. The molecule has 0 spiro atoms. The second-order valence-electron chi connectivity index (χ2n) is 4.91. The highest BCUT2D eigenvalue weighted by atomic mass is 16.5. The summed E-state index contributed by atoms with van der Waals surface area (Å²) in [6, 6.07) is 15.1. The number of hydrogen-bond donors (Lipinski definition) is 0. The molecule has 110 valence electrons. The predicted octanol–water partition coefficient (Wildman–Crippen LogP) is 2.93. The summed E-state index contributed by atoms with van der Waals surface area (Å²) in [7, 11) is 1.79. The fourth-order valence-electron chi connectivity index (χ4n) is 1.97. The van der Waals surface area contributed by atoms with Crippen molar-refractivity contribution in [1.82, 2.24) is 9.88 Å². The molecule has 0 radical (unpaired) electrons. The number of para-hydroxylation sites is 1. The van der Waals surface area contributed by atoms with Crippen LogP contribution in [-0.4, -0.2) is 36.0 Å². The third-order valence-corrected chi connectivity index (χ3v) is 3.10. The number of aryl methyl sites for hydroxylation is 1. The van der Waals surface area contributed by atoms with Gasteiger partial charge in [-0.3, -0.25) is 4.79 Å². The monoisotopic (exact) mass is 284 g/mol. The number of benzene rings is 1. The van der Waals surface area contributed by atoms with Gasteiger partial charge in [0.05, 0.1) is 6.61 Å². The summed E-state index contributed by atoms with van der Waals surface area (Å²) < 4.78 is 5.61. The first-order valence-electron chi connectivity index (χ1n) is 7.04. The average molecular weight is 284 g/mol. The van der Waals surface area contributed by atoms with E-state index in [9.17, 15) is 4.79 Å². The van der Waals surface area contributed by atoms with Crippen molar-refractivity contribution < 1.29 is 9.53 Å². The van der Waals surface area contributed by atoms with Crippen molar-refractivity contribution in [3.05, 3.63) is 59.9 Å². The Morgan fingerprint density at radius 2 is 1.90 bits per heavy atom. The molecule has 0 saturated carbocycles. The number of carbonyl (C=O) groups excluding carboxylic acids is 1. The molecule has 1 aromatic heterocycles. The maximum absolute atomic E-state index is 12.2. The van der Waals surface area contributed by atoms with Crippen LogP contribution in [0.5, 0.6) is 5.75 Å². The molecular weight excluding hydrogens is 264 g/mol. The lowest BCUT2D eigenvalue weighted by atomic mass is 10.3. The van der Waals surface area contributed by atoms with Crippen molar-refractivity contribution in [3.8, 4) is 5.75 Å². The highest BCUT2D eigenvalue weighted by Gasteiger charge is 2.12. The van der Waals surface area contributed by atoms with Gasteiger partial charge in [0.1, 0.15) is 11.4 Å². The smallest absolute Gasteiger partial charge is 0.272 e. The molecule has 0 bridgehead atoms. The van der Waals surface area contributed by atoms with Crippen LogP contribution in [0.4, 0.5) is 0 Å². The number of amides is 1. The molecule has 4 nitrogen and oxygen atoms in total. The fraction of sp³-hybridized carbons (Fsp3) is 0.294. The van der Waals surface area contributed by atoms with E-state index in [1.807, 2.05) is 49.4 Å². The van der Waals surface area contributed by atoms with Crippen molar-refractivity contribution in [2.75, 3.05) is 20.2 Å². The van der Waals surface area contributed by atoms with Gasteiger partial charge in [0.15, 0.2) is 0 Å². The fourth-order valence-corrected chi connectivity index (χ4v) is 1.97. The van der Waals surface area contributed by atoms with Crippen molar-refractivity contribution in [1.29, 1.82) is 0 Å². The zero-order chi connectivity index (χ0) is 15.1. The SMILES string of the molecule is Cc1cccc(C(=O)N(C)CCCOc2ccccc2)n1. The van der Waals surface area contributed by atoms with Crippen LogP contribution >= 0.6 is 0 Å². The molecule has 4 heteroatoms. The topological polar surface area (TPSA) is 42.4 Å². The third kappa shape index (κ3) is 4.60. The first kappa shape index (κ1) is 15.0. The molecule has 0 atom stereocenters. The maximum Gasteiger partial charge on any atom is 0.272 e. The summed E-state index contributed by atoms with van der Waals surface area (Å²) in [6.45, 7) is 3.11. The number of ether oxygens (including phenoxy) is 1. The summed E-state index contributed by atoms with van der Waals surface area (Å²) in [5.74, 6) is 0.797. The highest BCUT2D eigenvalue weighted by Crippen LogP contribution is 2.09. The summed E-state index contributed by atoms with van der Waals surface area (Å²) in [5, 5.41) is 0. The van der Waals surface area contributed by atoms with E-state index >= 15 is 0 Å². The molecule has 2 rings (SSSR count). The normalized spacial score (nSPS) is 10.2. The molecule has 21 heavy (non-hydrogen) atoms. The number of hydrogen-bond acceptors (Lipinski definition) is 3. The van der Waals surface area contributed by atoms with Crippen LogP contribution in [0, 0.1) is 6.92 Å². The van der Waals surface area contributed by atoms with Gasteiger partial charge in [-0.15, -0.1) is 0 Å². The van der Waals surface area contributed by atoms with E-state index in [0.717, 1.165) is 17.9 Å². The average Bonchev–Trinajstić information content (AvgIpc) is 2.51. The predicted molar refractivity (Wildman–Crippen MR) is 82.5 cm³/mol. The summed E-state index contributed by atoms with van der Waals surface area (Å²) >= 11 is 0. The van der Waals surface area contributed by atoms with Crippen LogP contribution in [0.1, 0.15) is 22.6 Å². The molecule has 0 fully saturated rings. The molecule has 1 aromatic carbocycles. The van der Waals surface area contributed by atoms with Gasteiger partial charge in [0.25, 0.3) is 5.91 Å². The van der Waals surface area contributed by atoms with Crippen molar-refractivity contribution >= 4 is 5.91 Å². The van der Waals surface area contributed by atoms with E-state index in [4.69, 9.17) is 4.74 Å². The Bertz CT molecular complexity index is 584. The molecule has 0 N–H and O–H groups in total. The number of aromatic nitrogens is 1. The largest absolute Gasteiger partial charge is 0.494 e. The van der Waals surface area contributed by atoms with E-state index in [1.165, 1.54) is 0 Å². The van der Waals surface area contributed by atoms with Crippen LogP contribution in [0.3, 0.4) is 0 Å². The first-order valence-corrected chi connectivity index (χ1v) is 7.04. The van der Waals surface area contributed by atoms with Gasteiger partial charge in [-0.2, -0.15) is 0 Å². The lowest BCUT2D eigenvalue weighted by Crippen LogP contribution is -2.29. The van der Waals surface area contributed by atoms with Crippen molar-refractivity contribution in [2.24, 2.45) is 0 Å². The Morgan fingerprint density at radius 1 is 1.14 bits per heavy atom. The van der Waals surface area contributed by atoms with Gasteiger partial charge in [-0.25, -0.2) is 4.98 Å². The quantitative estimate of drug-likeness (QED) is 0.766. The molecular formula is C17H20N2O2. The molecule has 0 aliphatic rings. The van der Waals surface area contributed by atoms with Gasteiger partial charge >= 0.3 is 0 Å². The molecule has 0 aliphatic carbocycles. The Balaban J connectivity index is 1.76. The van der Waals surface area contributed by atoms with E-state index in [2.05, 4.69) is 4.98 Å². The zero-order valence-electron chi connectivity index (χ0n) is 12.5. The Morgan fingerprint density at radius 3 is 2.62 bits per heavy atom. The Hall–Kier alpha value is -2.36. The summed E-state index contributed by atoms with van der Waals surface area (Å²) in [6.07, 6.45) is 0.781. The number of carbonyl (C=O) groups is 1. The third-order valence-electron chi connectivity index (χ3n) is 3.10. The summed E-state index contributed by atoms with van der Waals surface area (Å²) in [5.41, 5.74) is 1.34. The van der Waals surface area contributed by atoms with E-state index in [-0.39, 0.29) is 5.91 Å². The van der Waals surface area contributed by atoms with Crippen molar-refractivity contribution in [2.45, 2.75) is 13.3 Å². The van der Waals surface area contributed by atoms with Crippen LogP contribution < -0.4 is 4.74 Å². The summed E-state index contributed by atoms with van der Waals surface area (Å²) in [4.78, 5) is 18.1. The van der Waals surface area contributed by atoms with E-state index < -0.39 is 0 Å². The minimum atomic E-state index is -0.0570. The van der Waals surface area contributed by atoms with Gasteiger partial charge in [0, 0.05) is 19.3 Å². The van der Waals surface area contributed by atoms with E-state index in [0.29, 0.717) is 18.8 Å². The van der Waals surface area contributed by atoms with Gasteiger partial charge < -0.3 is 9.64 Å². The van der Waals surface area contributed by atoms with Gasteiger partial charge in [-0.05, 0) is 37.6 Å². The van der Waals surface area contributed by atoms with Crippen molar-refractivity contribution in [3.63, 3.8) is 0 Å². The van der Waals surface area contributed by atoms with Crippen LogP contribution in [0.2, 0.25) is 0 Å². The molecule has 0 saturated heterocycles. The second kappa shape index (κ2) is 7.43. The Kier molecular flexibility index (Phi) is 5.32. The number of nitrogens with zero attached hydrogens (tertiary/aromatic N) is 2. The lowest BCUT2D eigenvalue weighted by molar-refractivity contribution is 0.0782. The zero-order valence-corrected chi connectivity index (χ0v) is 12.5. The van der Waals surface area contributed by atoms with Crippen LogP contribution in [-0.2, 0) is 0 Å². The van der Waals surface area contributed by atoms with Crippen LogP contribution in [0.25, 0.3) is 0 Å². The molecule has 0 aliphatic heterocycles. The molecule has 0 unspecified atom stereocenters. The number of rotatable bonds is 6. The standard InChI is InChI=1S/C17H20N2O2/c1-14-8-6-11-16(18-14)17(20)19(2)12-7-13-21-15-9-4-3-5-10-15/h3-6,8-11H,7,12-13H2,1-2H3. The minimum absolute atomic E-state index is 0.0570. The minimum Gasteiger partial charge on any atom is -0.494 e. The first-order chi connectivity index (χ1) is 10.2. The molecule has 2 aromatic rings. The molecule has 1 amide bonds. The van der Waals surface area contributed by atoms with Crippen LogP contribution in [0.15, 0.2) is 48.5 Å². The second-order valence-corrected chi connectivity index (χ2v) is 4.91. The van der Waals surface area contributed by atoms with Gasteiger partial charge in [0.2, 0.25) is 0 Å². The van der Waals surface area contributed by atoms with Gasteiger partial charge in [-0.1, -0.05) is 24.3 Å². The maximum atomic E-state index is 12.2. The number of pyridine rings is 1. The van der Waals surface area contributed by atoms with E-state index in [1.54, 1.807) is 18.0 Å². The molecule has 1 heterocycles. The Labute approximate surface area is 125 Å².